The number of carbonyl (C=O) groups is 2. The normalized spacial score (nSPS) is 24.1. The van der Waals surface area contributed by atoms with Crippen LogP contribution in [0.2, 0.25) is 0 Å². The molecule has 11 heteroatoms. The Kier molecular flexibility index (Phi) is 7.76. The lowest BCUT2D eigenvalue weighted by atomic mass is 9.99. The predicted octanol–water partition coefficient (Wildman–Crippen LogP) is 0.954. The average molecular weight is 495 g/mol. The SMILES string of the molecule is CC[C@@H]1Oc2cc(S(=O)(=O)N3CCC[C@H](C(=O)NCCN4CCOCC4)C3)c(C)cc2NC1=O. The highest BCUT2D eigenvalue weighted by molar-refractivity contribution is 7.89. The molecule has 2 N–H and O–H groups in total. The third kappa shape index (κ3) is 5.37. The molecular weight excluding hydrogens is 460 g/mol. The molecule has 1 aromatic rings. The summed E-state index contributed by atoms with van der Waals surface area (Å²) >= 11 is 0. The molecule has 2 atom stereocenters. The largest absolute Gasteiger partial charge is 0.478 e. The number of rotatable bonds is 7. The molecule has 2 amide bonds. The number of sulfonamides is 1. The van der Waals surface area contributed by atoms with Crippen molar-refractivity contribution in [2.75, 3.05) is 57.8 Å². The van der Waals surface area contributed by atoms with Crippen LogP contribution in [0.15, 0.2) is 17.0 Å². The zero-order valence-corrected chi connectivity index (χ0v) is 20.7. The molecule has 34 heavy (non-hydrogen) atoms. The molecule has 0 saturated carbocycles. The summed E-state index contributed by atoms with van der Waals surface area (Å²) in [6, 6.07) is 3.12. The van der Waals surface area contributed by atoms with Crippen LogP contribution in [0.4, 0.5) is 5.69 Å². The van der Waals surface area contributed by atoms with Gasteiger partial charge in [0.15, 0.2) is 6.10 Å². The zero-order valence-electron chi connectivity index (χ0n) is 19.8. The number of carbonyl (C=O) groups excluding carboxylic acids is 2. The van der Waals surface area contributed by atoms with Crippen LogP contribution in [-0.4, -0.2) is 88.0 Å². The highest BCUT2D eigenvalue weighted by atomic mass is 32.2. The molecule has 0 aliphatic carbocycles. The van der Waals surface area contributed by atoms with E-state index in [4.69, 9.17) is 9.47 Å². The van der Waals surface area contributed by atoms with Crippen LogP contribution in [0.1, 0.15) is 31.7 Å². The number of nitrogens with one attached hydrogen (secondary N) is 2. The minimum atomic E-state index is -3.83. The van der Waals surface area contributed by atoms with Crippen molar-refractivity contribution in [1.82, 2.24) is 14.5 Å². The van der Waals surface area contributed by atoms with Crippen molar-refractivity contribution in [2.45, 2.75) is 44.1 Å². The van der Waals surface area contributed by atoms with Gasteiger partial charge in [0.2, 0.25) is 15.9 Å². The Morgan fingerprint density at radius 3 is 2.74 bits per heavy atom. The molecule has 3 aliphatic rings. The van der Waals surface area contributed by atoms with Gasteiger partial charge in [0.05, 0.1) is 29.7 Å². The van der Waals surface area contributed by atoms with E-state index in [1.165, 1.54) is 10.4 Å². The summed E-state index contributed by atoms with van der Waals surface area (Å²) in [5.74, 6) is -0.369. The minimum Gasteiger partial charge on any atom is -0.478 e. The Morgan fingerprint density at radius 2 is 2.00 bits per heavy atom. The topological polar surface area (TPSA) is 117 Å². The maximum atomic E-state index is 13.5. The van der Waals surface area contributed by atoms with Gasteiger partial charge >= 0.3 is 0 Å². The van der Waals surface area contributed by atoms with E-state index in [-0.39, 0.29) is 29.2 Å². The molecule has 3 aliphatic heterocycles. The molecule has 0 unspecified atom stereocenters. The van der Waals surface area contributed by atoms with Crippen LogP contribution < -0.4 is 15.4 Å². The summed E-state index contributed by atoms with van der Waals surface area (Å²) in [6.45, 7) is 8.48. The molecule has 1 aromatic carbocycles. The first-order valence-electron chi connectivity index (χ1n) is 12.0. The molecule has 0 radical (unpaired) electrons. The number of hydrogen-bond donors (Lipinski definition) is 2. The van der Waals surface area contributed by atoms with E-state index in [1.54, 1.807) is 13.0 Å². The number of piperidine rings is 1. The van der Waals surface area contributed by atoms with Gasteiger partial charge in [-0.1, -0.05) is 6.92 Å². The van der Waals surface area contributed by atoms with Crippen molar-refractivity contribution in [2.24, 2.45) is 5.92 Å². The van der Waals surface area contributed by atoms with Gasteiger partial charge < -0.3 is 20.1 Å². The van der Waals surface area contributed by atoms with Gasteiger partial charge in [-0.25, -0.2) is 8.42 Å². The fraction of sp³-hybridized carbons (Fsp3) is 0.652. The average Bonchev–Trinajstić information content (AvgIpc) is 2.84. The number of ether oxygens (including phenoxy) is 2. The van der Waals surface area contributed by atoms with Gasteiger partial charge in [-0.2, -0.15) is 4.31 Å². The maximum Gasteiger partial charge on any atom is 0.265 e. The summed E-state index contributed by atoms with van der Waals surface area (Å²) in [4.78, 5) is 27.2. The number of hydrogen-bond acceptors (Lipinski definition) is 7. The van der Waals surface area contributed by atoms with E-state index >= 15 is 0 Å². The lowest BCUT2D eigenvalue weighted by Crippen LogP contribution is -2.47. The quantitative estimate of drug-likeness (QED) is 0.580. The second kappa shape index (κ2) is 10.6. The monoisotopic (exact) mass is 494 g/mol. The van der Waals surface area contributed by atoms with Crippen molar-refractivity contribution in [1.29, 1.82) is 0 Å². The Labute approximate surface area is 201 Å². The van der Waals surface area contributed by atoms with Crippen LogP contribution in [0.25, 0.3) is 0 Å². The zero-order chi connectivity index (χ0) is 24.3. The molecule has 2 fully saturated rings. The summed E-state index contributed by atoms with van der Waals surface area (Å²) < 4.78 is 39.6. The van der Waals surface area contributed by atoms with Gasteiger partial charge in [-0.05, 0) is 37.8 Å². The highest BCUT2D eigenvalue weighted by Gasteiger charge is 2.35. The van der Waals surface area contributed by atoms with E-state index in [0.29, 0.717) is 62.6 Å². The second-order valence-corrected chi connectivity index (χ2v) is 11.0. The number of amides is 2. The molecule has 2 saturated heterocycles. The molecule has 4 rings (SSSR count). The third-order valence-corrected chi connectivity index (χ3v) is 8.68. The Hall–Kier alpha value is -2.21. The van der Waals surface area contributed by atoms with E-state index in [9.17, 15) is 18.0 Å². The van der Waals surface area contributed by atoms with Crippen molar-refractivity contribution in [3.05, 3.63) is 17.7 Å². The minimum absolute atomic E-state index is 0.104. The first kappa shape index (κ1) is 24.9. The highest BCUT2D eigenvalue weighted by Crippen LogP contribution is 2.36. The number of benzene rings is 1. The molecule has 10 nitrogen and oxygen atoms in total. The summed E-state index contributed by atoms with van der Waals surface area (Å²) in [7, 11) is -3.83. The van der Waals surface area contributed by atoms with Gasteiger partial charge in [0, 0.05) is 45.3 Å². The van der Waals surface area contributed by atoms with Crippen LogP contribution >= 0.6 is 0 Å². The van der Waals surface area contributed by atoms with E-state index in [2.05, 4.69) is 15.5 Å². The number of aryl methyl sites for hydroxylation is 1. The first-order valence-corrected chi connectivity index (χ1v) is 13.4. The fourth-order valence-corrected chi connectivity index (χ4v) is 6.40. The van der Waals surface area contributed by atoms with Crippen LogP contribution in [0.3, 0.4) is 0 Å². The molecule has 3 heterocycles. The fourth-order valence-electron chi connectivity index (χ4n) is 4.65. The van der Waals surface area contributed by atoms with Gasteiger partial charge in [-0.3, -0.25) is 14.5 Å². The summed E-state index contributed by atoms with van der Waals surface area (Å²) in [5.41, 5.74) is 0.997. The van der Waals surface area contributed by atoms with Gasteiger partial charge in [-0.15, -0.1) is 0 Å². The molecule has 0 aromatic heterocycles. The smallest absolute Gasteiger partial charge is 0.265 e. The predicted molar refractivity (Wildman–Crippen MR) is 126 cm³/mol. The molecular formula is C23H34N4O6S. The Balaban J connectivity index is 1.42. The molecule has 0 bridgehead atoms. The Morgan fingerprint density at radius 1 is 1.24 bits per heavy atom. The first-order chi connectivity index (χ1) is 16.3. The van der Waals surface area contributed by atoms with Crippen molar-refractivity contribution in [3.63, 3.8) is 0 Å². The second-order valence-electron chi connectivity index (χ2n) is 9.07. The standard InChI is InChI=1S/C23H34N4O6S/c1-3-19-23(29)25-18-13-16(2)21(14-20(18)33-19)34(30,31)27-7-4-5-17(15-27)22(28)24-6-8-26-9-11-32-12-10-26/h13-14,17,19H,3-12,15H2,1-2H3,(H,24,28)(H,25,29)/t17-,19-/m0/s1. The van der Waals surface area contributed by atoms with Crippen LogP contribution in [0.5, 0.6) is 5.75 Å². The van der Waals surface area contributed by atoms with E-state index in [0.717, 1.165) is 19.6 Å². The summed E-state index contributed by atoms with van der Waals surface area (Å²) in [6.07, 6.45) is 1.11. The van der Waals surface area contributed by atoms with Crippen LogP contribution in [-0.2, 0) is 24.3 Å². The van der Waals surface area contributed by atoms with Crippen molar-refractivity contribution in [3.8, 4) is 5.75 Å². The van der Waals surface area contributed by atoms with Gasteiger partial charge in [0.1, 0.15) is 5.75 Å². The number of morpholine rings is 1. The maximum absolute atomic E-state index is 13.5. The third-order valence-electron chi connectivity index (χ3n) is 6.67. The lowest BCUT2D eigenvalue weighted by Gasteiger charge is -2.32. The number of fused-ring (bicyclic) bond motifs is 1. The Bertz CT molecular complexity index is 1020. The number of anilines is 1. The molecule has 188 valence electrons. The van der Waals surface area contributed by atoms with E-state index < -0.39 is 16.1 Å². The molecule has 0 spiro atoms. The van der Waals surface area contributed by atoms with Crippen molar-refractivity contribution >= 4 is 27.5 Å². The summed E-state index contributed by atoms with van der Waals surface area (Å²) in [5, 5.41) is 5.77. The lowest BCUT2D eigenvalue weighted by molar-refractivity contribution is -0.126. The van der Waals surface area contributed by atoms with E-state index in [1.807, 2.05) is 6.92 Å². The number of nitrogens with zero attached hydrogens (tertiary/aromatic N) is 2. The van der Waals surface area contributed by atoms with Gasteiger partial charge in [0.25, 0.3) is 5.91 Å². The van der Waals surface area contributed by atoms with Crippen molar-refractivity contribution < 1.29 is 27.5 Å². The van der Waals surface area contributed by atoms with Crippen LogP contribution in [0, 0.1) is 12.8 Å².